The normalized spacial score (nSPS) is 23.8. The van der Waals surface area contributed by atoms with Gasteiger partial charge in [-0.1, -0.05) is 32.9 Å². The van der Waals surface area contributed by atoms with E-state index in [9.17, 15) is 0 Å². The lowest BCUT2D eigenvalue weighted by molar-refractivity contribution is 0.0803. The smallest absolute Gasteiger partial charge is 0.149 e. The number of amidine groups is 1. The number of hydrogen-bond donors (Lipinski definition) is 2. The fourth-order valence-corrected chi connectivity index (χ4v) is 7.04. The van der Waals surface area contributed by atoms with Crippen molar-refractivity contribution < 1.29 is 9.47 Å². The largest absolute Gasteiger partial charge is 0.495 e. The van der Waals surface area contributed by atoms with Crippen molar-refractivity contribution in [2.24, 2.45) is 21.6 Å². The molecule has 3 N–H and O–H groups in total. The monoisotopic (exact) mass is 617 g/mol. The van der Waals surface area contributed by atoms with E-state index in [1.165, 1.54) is 39.0 Å². The predicted octanol–water partition coefficient (Wildman–Crippen LogP) is 5.06. The Morgan fingerprint density at radius 1 is 1.11 bits per heavy atom. The molecular formula is C36H55N7O2. The zero-order valence-electron chi connectivity index (χ0n) is 28.4. The molecule has 0 aromatic heterocycles. The van der Waals surface area contributed by atoms with Crippen LogP contribution in [0.15, 0.2) is 57.4 Å². The third-order valence-corrected chi connectivity index (χ3v) is 9.68. The van der Waals surface area contributed by atoms with Gasteiger partial charge in [-0.05, 0) is 69.7 Å². The lowest BCUT2D eigenvalue weighted by Gasteiger charge is -2.42. The van der Waals surface area contributed by atoms with Gasteiger partial charge in [0.2, 0.25) is 0 Å². The van der Waals surface area contributed by atoms with Gasteiger partial charge in [-0.25, -0.2) is 9.98 Å². The van der Waals surface area contributed by atoms with Gasteiger partial charge < -0.3 is 30.3 Å². The topological polar surface area (TPSA) is 91.0 Å². The minimum absolute atomic E-state index is 0.217. The first-order valence-electron chi connectivity index (χ1n) is 17.0. The van der Waals surface area contributed by atoms with Gasteiger partial charge in [-0.3, -0.25) is 4.90 Å². The van der Waals surface area contributed by atoms with Crippen LogP contribution < -0.4 is 20.7 Å². The van der Waals surface area contributed by atoms with Crippen LogP contribution in [0.2, 0.25) is 0 Å². The Morgan fingerprint density at radius 3 is 2.47 bits per heavy atom. The van der Waals surface area contributed by atoms with Crippen LogP contribution in [-0.2, 0) is 4.74 Å². The van der Waals surface area contributed by atoms with Gasteiger partial charge in [-0.15, -0.1) is 0 Å². The Bertz CT molecular complexity index is 1320. The molecular weight excluding hydrogens is 562 g/mol. The molecule has 246 valence electrons. The molecule has 4 aliphatic rings. The summed E-state index contributed by atoms with van der Waals surface area (Å²) in [4.78, 5) is 17.5. The van der Waals surface area contributed by atoms with Crippen molar-refractivity contribution in [2.75, 3.05) is 71.5 Å². The van der Waals surface area contributed by atoms with E-state index in [1.54, 1.807) is 7.11 Å². The van der Waals surface area contributed by atoms with Crippen molar-refractivity contribution in [3.05, 3.63) is 53.0 Å². The minimum atomic E-state index is 0.217. The molecule has 1 aromatic carbocycles. The van der Waals surface area contributed by atoms with E-state index >= 15 is 0 Å². The summed E-state index contributed by atoms with van der Waals surface area (Å²) in [6.07, 6.45) is 9.34. The van der Waals surface area contributed by atoms with Crippen molar-refractivity contribution in [1.82, 2.24) is 15.1 Å². The summed E-state index contributed by atoms with van der Waals surface area (Å²) < 4.78 is 11.6. The van der Waals surface area contributed by atoms with Gasteiger partial charge in [0.25, 0.3) is 0 Å². The van der Waals surface area contributed by atoms with Gasteiger partial charge in [0, 0.05) is 87.6 Å². The van der Waals surface area contributed by atoms with Crippen LogP contribution in [0, 0.1) is 5.92 Å². The molecule has 0 amide bonds. The second-order valence-corrected chi connectivity index (χ2v) is 13.2. The van der Waals surface area contributed by atoms with Gasteiger partial charge in [-0.2, -0.15) is 0 Å². The van der Waals surface area contributed by atoms with Gasteiger partial charge >= 0.3 is 0 Å². The second kappa shape index (κ2) is 15.4. The van der Waals surface area contributed by atoms with Crippen LogP contribution in [0.3, 0.4) is 0 Å². The van der Waals surface area contributed by atoms with Crippen LogP contribution in [0.1, 0.15) is 65.4 Å². The van der Waals surface area contributed by atoms with E-state index in [2.05, 4.69) is 84.0 Å². The number of methoxy groups -OCH3 is 1. The van der Waals surface area contributed by atoms with Crippen molar-refractivity contribution in [2.45, 2.75) is 71.9 Å². The molecule has 0 radical (unpaired) electrons. The molecule has 4 heterocycles. The Balaban J connectivity index is 1.37. The number of ether oxygens (including phenoxy) is 2. The second-order valence-electron chi connectivity index (χ2n) is 13.2. The summed E-state index contributed by atoms with van der Waals surface area (Å²) in [6.45, 7) is 17.0. The highest BCUT2D eigenvalue weighted by Crippen LogP contribution is 2.37. The molecule has 45 heavy (non-hydrogen) atoms. The number of hydrogen-bond acceptors (Lipinski definition) is 9. The molecule has 1 aromatic rings. The minimum Gasteiger partial charge on any atom is -0.495 e. The van der Waals surface area contributed by atoms with E-state index in [0.29, 0.717) is 17.9 Å². The molecule has 3 fully saturated rings. The maximum Gasteiger partial charge on any atom is 0.149 e. The third-order valence-electron chi connectivity index (χ3n) is 9.68. The number of nitrogens with one attached hydrogen (secondary N) is 1. The van der Waals surface area contributed by atoms with Crippen molar-refractivity contribution in [3.63, 3.8) is 0 Å². The summed E-state index contributed by atoms with van der Waals surface area (Å²) in [7, 11) is 4.00. The molecule has 9 heteroatoms. The molecule has 5 rings (SSSR count). The fraction of sp³-hybridized carbons (Fsp3) is 0.611. The Hall–Kier alpha value is -3.14. The van der Waals surface area contributed by atoms with Gasteiger partial charge in [0.05, 0.1) is 18.5 Å². The Kier molecular flexibility index (Phi) is 11.4. The molecule has 0 unspecified atom stereocenters. The van der Waals surface area contributed by atoms with E-state index in [-0.39, 0.29) is 5.92 Å². The number of allylic oxidation sites excluding steroid dienone is 4. The quantitative estimate of drug-likeness (QED) is 0.401. The standard InChI is InChI=1S/C36H55N7O2/c1-7-8-30-31(24-38-36(37)35(30)40-34(25(2)3)26(4)39-28-13-21-45-22-14-28)27-9-10-32(33(23-27)44-6)43-15-11-29(12-16-43)42-19-17-41(5)18-20-42/h8-10,23-25,28-29,39H,7,11-22H2,1-6H3,(H2,37,38)/b30-8+,34-26+,40-35+. The average molecular weight is 618 g/mol. The predicted molar refractivity (Wildman–Crippen MR) is 187 cm³/mol. The summed E-state index contributed by atoms with van der Waals surface area (Å²) >= 11 is 0. The molecule has 0 spiro atoms. The van der Waals surface area contributed by atoms with Crippen LogP contribution in [0.4, 0.5) is 5.69 Å². The number of nitrogens with zero attached hydrogens (tertiary/aromatic N) is 5. The highest BCUT2D eigenvalue weighted by molar-refractivity contribution is 6.51. The highest BCUT2D eigenvalue weighted by Gasteiger charge is 2.29. The zero-order valence-corrected chi connectivity index (χ0v) is 28.4. The fourth-order valence-electron chi connectivity index (χ4n) is 7.04. The molecule has 0 aliphatic carbocycles. The molecule has 9 nitrogen and oxygen atoms in total. The highest BCUT2D eigenvalue weighted by atomic mass is 16.5. The maximum atomic E-state index is 6.56. The number of piperazine rings is 1. The molecule has 4 aliphatic heterocycles. The SMILES string of the molecule is CC\C=C1/C(c2ccc(N3CCC(N4CCN(C)CC4)CC3)c(OC)c2)=CN=C(N)/C1=N/C(=C(\C)NC1CCOCC1)C(C)C. The first kappa shape index (κ1) is 33.2. The van der Waals surface area contributed by atoms with Crippen molar-refractivity contribution >= 4 is 22.8 Å². The van der Waals surface area contributed by atoms with E-state index in [4.69, 9.17) is 20.2 Å². The lowest BCUT2D eigenvalue weighted by atomic mass is 9.91. The Morgan fingerprint density at radius 2 is 1.82 bits per heavy atom. The number of nitrogens with two attached hydrogens (primary N) is 1. The van der Waals surface area contributed by atoms with Crippen LogP contribution >= 0.6 is 0 Å². The molecule has 3 saturated heterocycles. The number of benzene rings is 1. The van der Waals surface area contributed by atoms with E-state index in [0.717, 1.165) is 90.8 Å². The summed E-state index contributed by atoms with van der Waals surface area (Å²) in [5.41, 5.74) is 13.6. The molecule has 0 bridgehead atoms. The van der Waals surface area contributed by atoms with E-state index < -0.39 is 0 Å². The average Bonchev–Trinajstić information content (AvgIpc) is 3.05. The van der Waals surface area contributed by atoms with Crippen molar-refractivity contribution in [3.8, 4) is 5.75 Å². The summed E-state index contributed by atoms with van der Waals surface area (Å²) in [5.74, 6) is 1.56. The zero-order chi connectivity index (χ0) is 31.9. The summed E-state index contributed by atoms with van der Waals surface area (Å²) in [5, 5.41) is 3.72. The number of rotatable bonds is 9. The number of anilines is 1. The van der Waals surface area contributed by atoms with E-state index in [1.807, 2.05) is 6.20 Å². The van der Waals surface area contributed by atoms with Crippen LogP contribution in [-0.4, -0.2) is 100 Å². The van der Waals surface area contributed by atoms with Crippen LogP contribution in [0.5, 0.6) is 5.75 Å². The van der Waals surface area contributed by atoms with Gasteiger partial charge in [0.15, 0.2) is 0 Å². The molecule has 0 atom stereocenters. The number of likely N-dealkylation sites (N-methyl/N-ethyl adjacent to an activating group) is 1. The third kappa shape index (κ3) is 7.99. The molecule has 0 saturated carbocycles. The number of piperidine rings is 1. The first-order chi connectivity index (χ1) is 21.8. The summed E-state index contributed by atoms with van der Waals surface area (Å²) in [6, 6.07) is 7.65. The maximum absolute atomic E-state index is 6.56. The first-order valence-corrected chi connectivity index (χ1v) is 17.0. The van der Waals surface area contributed by atoms with Crippen LogP contribution in [0.25, 0.3) is 5.57 Å². The van der Waals surface area contributed by atoms with Crippen molar-refractivity contribution in [1.29, 1.82) is 0 Å². The van der Waals surface area contributed by atoms with Gasteiger partial charge in [0.1, 0.15) is 17.3 Å². The number of aliphatic imine (C=N–C) groups is 2. The Labute approximate surface area is 270 Å². The lowest BCUT2D eigenvalue weighted by Crippen LogP contribution is -2.52.